The molecule has 1 aliphatic rings. The van der Waals surface area contributed by atoms with Crippen LogP contribution in [0.4, 0.5) is 5.82 Å². The van der Waals surface area contributed by atoms with Crippen LogP contribution < -0.4 is 10.2 Å². The molecule has 3 heterocycles. The van der Waals surface area contributed by atoms with Gasteiger partial charge in [-0.2, -0.15) is 0 Å². The molecule has 1 aliphatic heterocycles. The van der Waals surface area contributed by atoms with Gasteiger partial charge in [0.2, 0.25) is 0 Å². The molecule has 0 bridgehead atoms. The Kier molecular flexibility index (Phi) is 2.91. The Morgan fingerprint density at radius 2 is 2.28 bits per heavy atom. The van der Waals surface area contributed by atoms with Crippen LogP contribution in [0.1, 0.15) is 13.3 Å². The lowest BCUT2D eigenvalue weighted by Gasteiger charge is -2.37. The smallest absolute Gasteiger partial charge is 0.142 e. The minimum Gasteiger partial charge on any atom is -0.354 e. The van der Waals surface area contributed by atoms with Crippen LogP contribution in [0.2, 0.25) is 0 Å². The molecule has 1 unspecified atom stereocenters. The first kappa shape index (κ1) is 11.5. The van der Waals surface area contributed by atoms with Gasteiger partial charge in [-0.25, -0.2) is 9.97 Å². The molecule has 0 amide bonds. The fraction of sp³-hybridized carbons (Fsp3) is 0.538. The van der Waals surface area contributed by atoms with Crippen molar-refractivity contribution in [3.8, 4) is 0 Å². The number of aromatic nitrogens is 3. The van der Waals surface area contributed by atoms with E-state index in [4.69, 9.17) is 0 Å². The van der Waals surface area contributed by atoms with Gasteiger partial charge in [0.05, 0.1) is 5.39 Å². The maximum Gasteiger partial charge on any atom is 0.142 e. The van der Waals surface area contributed by atoms with E-state index in [-0.39, 0.29) is 0 Å². The quantitative estimate of drug-likeness (QED) is 0.839. The lowest BCUT2D eigenvalue weighted by atomic mass is 9.93. The van der Waals surface area contributed by atoms with Gasteiger partial charge in [-0.3, -0.25) is 0 Å². The molecule has 0 radical (unpaired) electrons. The van der Waals surface area contributed by atoms with E-state index >= 15 is 0 Å². The number of fused-ring (bicyclic) bond motifs is 1. The van der Waals surface area contributed by atoms with E-state index in [1.54, 1.807) is 6.33 Å². The molecule has 96 valence electrons. The molecule has 2 N–H and O–H groups in total. The summed E-state index contributed by atoms with van der Waals surface area (Å²) in [6, 6.07) is 2.54. The van der Waals surface area contributed by atoms with Gasteiger partial charge in [0.25, 0.3) is 0 Å². The number of hydrogen-bond acceptors (Lipinski definition) is 4. The van der Waals surface area contributed by atoms with E-state index < -0.39 is 0 Å². The molecule has 18 heavy (non-hydrogen) atoms. The van der Waals surface area contributed by atoms with Crippen molar-refractivity contribution < 1.29 is 0 Å². The summed E-state index contributed by atoms with van der Waals surface area (Å²) in [5.41, 5.74) is 0.906. The zero-order valence-electron chi connectivity index (χ0n) is 10.8. The first-order valence-corrected chi connectivity index (χ1v) is 6.49. The number of piperidine rings is 1. The molecule has 3 rings (SSSR count). The molecule has 1 fully saturated rings. The van der Waals surface area contributed by atoms with Gasteiger partial charge in [0.15, 0.2) is 0 Å². The van der Waals surface area contributed by atoms with Crippen LogP contribution in [0.15, 0.2) is 18.6 Å². The summed E-state index contributed by atoms with van der Waals surface area (Å²) in [5.74, 6) is 1.70. The molecule has 2 aromatic heterocycles. The zero-order valence-corrected chi connectivity index (χ0v) is 10.8. The standard InChI is InChI=1S/C13H19N5/c1-9-3-5-14-7-11(9)18(2)13-10-4-6-15-12(10)16-8-17-13/h4,6,8-9,11,14H,3,5,7H2,1-2H3,(H,15,16,17)/t9-,11?/m1/s1. The van der Waals surface area contributed by atoms with Gasteiger partial charge in [-0.15, -0.1) is 0 Å². The van der Waals surface area contributed by atoms with Crippen LogP contribution in [-0.2, 0) is 0 Å². The molecule has 0 aromatic carbocycles. The van der Waals surface area contributed by atoms with Crippen molar-refractivity contribution in [2.75, 3.05) is 25.0 Å². The fourth-order valence-electron chi connectivity index (χ4n) is 2.79. The van der Waals surface area contributed by atoms with E-state index in [1.165, 1.54) is 6.42 Å². The van der Waals surface area contributed by atoms with Crippen molar-refractivity contribution in [2.24, 2.45) is 5.92 Å². The first-order valence-electron chi connectivity index (χ1n) is 6.49. The highest BCUT2D eigenvalue weighted by molar-refractivity contribution is 5.87. The zero-order chi connectivity index (χ0) is 12.5. The van der Waals surface area contributed by atoms with E-state index in [1.807, 2.05) is 12.3 Å². The lowest BCUT2D eigenvalue weighted by molar-refractivity contribution is 0.338. The predicted octanol–water partition coefficient (Wildman–Crippen LogP) is 1.39. The van der Waals surface area contributed by atoms with Gasteiger partial charge in [-0.05, 0) is 24.9 Å². The number of rotatable bonds is 2. The highest BCUT2D eigenvalue weighted by atomic mass is 15.2. The fourth-order valence-corrected chi connectivity index (χ4v) is 2.79. The Morgan fingerprint density at radius 1 is 1.39 bits per heavy atom. The highest BCUT2D eigenvalue weighted by Crippen LogP contribution is 2.26. The van der Waals surface area contributed by atoms with Crippen molar-refractivity contribution in [3.63, 3.8) is 0 Å². The van der Waals surface area contributed by atoms with E-state index in [0.717, 1.165) is 29.9 Å². The second-order valence-corrected chi connectivity index (χ2v) is 5.09. The van der Waals surface area contributed by atoms with Crippen LogP contribution in [-0.4, -0.2) is 41.1 Å². The van der Waals surface area contributed by atoms with Crippen molar-refractivity contribution in [2.45, 2.75) is 19.4 Å². The number of likely N-dealkylation sites (N-methyl/N-ethyl adjacent to an activating group) is 1. The molecular formula is C13H19N5. The average molecular weight is 245 g/mol. The molecule has 5 heteroatoms. The summed E-state index contributed by atoms with van der Waals surface area (Å²) >= 11 is 0. The average Bonchev–Trinajstić information content (AvgIpc) is 2.86. The van der Waals surface area contributed by atoms with Gasteiger partial charge in [0, 0.05) is 25.8 Å². The largest absolute Gasteiger partial charge is 0.354 e. The SMILES string of the molecule is C[C@@H]1CCNCC1N(C)c1ncnc2[nH]ccc12. The van der Waals surface area contributed by atoms with Crippen LogP contribution in [0, 0.1) is 5.92 Å². The summed E-state index contributed by atoms with van der Waals surface area (Å²) in [6.07, 6.45) is 4.77. The first-order chi connectivity index (χ1) is 8.77. The molecule has 2 atom stereocenters. The van der Waals surface area contributed by atoms with Crippen LogP contribution in [0.3, 0.4) is 0 Å². The Labute approximate surface area is 107 Å². The van der Waals surface area contributed by atoms with Crippen LogP contribution in [0.25, 0.3) is 11.0 Å². The molecule has 0 aliphatic carbocycles. The number of hydrogen-bond donors (Lipinski definition) is 2. The van der Waals surface area contributed by atoms with Gasteiger partial charge >= 0.3 is 0 Å². The normalized spacial score (nSPS) is 24.3. The summed E-state index contributed by atoms with van der Waals surface area (Å²) in [5, 5.41) is 4.56. The van der Waals surface area contributed by atoms with Crippen LogP contribution >= 0.6 is 0 Å². The number of anilines is 1. The molecule has 5 nitrogen and oxygen atoms in total. The molecular weight excluding hydrogens is 226 g/mol. The Balaban J connectivity index is 1.95. The maximum absolute atomic E-state index is 4.46. The third-order valence-electron chi connectivity index (χ3n) is 3.95. The van der Waals surface area contributed by atoms with Crippen molar-refractivity contribution >= 4 is 16.9 Å². The second kappa shape index (κ2) is 4.57. The lowest BCUT2D eigenvalue weighted by Crippen LogP contribution is -2.49. The number of nitrogens with zero attached hydrogens (tertiary/aromatic N) is 3. The molecule has 0 saturated carbocycles. The molecule has 2 aromatic rings. The summed E-state index contributed by atoms with van der Waals surface area (Å²) in [4.78, 5) is 14.1. The summed E-state index contributed by atoms with van der Waals surface area (Å²) in [6.45, 7) is 4.46. The van der Waals surface area contributed by atoms with Crippen LogP contribution in [0.5, 0.6) is 0 Å². The minimum absolute atomic E-state index is 0.492. The number of nitrogens with one attached hydrogen (secondary N) is 2. The summed E-state index contributed by atoms with van der Waals surface area (Å²) < 4.78 is 0. The van der Waals surface area contributed by atoms with Crippen molar-refractivity contribution in [1.29, 1.82) is 0 Å². The molecule has 1 saturated heterocycles. The highest BCUT2D eigenvalue weighted by Gasteiger charge is 2.26. The minimum atomic E-state index is 0.492. The van der Waals surface area contributed by atoms with E-state index in [2.05, 4.69) is 39.1 Å². The second-order valence-electron chi connectivity index (χ2n) is 5.09. The Bertz CT molecular complexity index is 535. The van der Waals surface area contributed by atoms with Crippen molar-refractivity contribution in [1.82, 2.24) is 20.3 Å². The Hall–Kier alpha value is -1.62. The number of H-pyrrole nitrogens is 1. The summed E-state index contributed by atoms with van der Waals surface area (Å²) in [7, 11) is 2.13. The van der Waals surface area contributed by atoms with Gasteiger partial charge < -0.3 is 15.2 Å². The maximum atomic E-state index is 4.46. The van der Waals surface area contributed by atoms with Crippen molar-refractivity contribution in [3.05, 3.63) is 18.6 Å². The van der Waals surface area contributed by atoms with E-state index in [9.17, 15) is 0 Å². The topological polar surface area (TPSA) is 56.8 Å². The third-order valence-corrected chi connectivity index (χ3v) is 3.95. The van der Waals surface area contributed by atoms with Gasteiger partial charge in [-0.1, -0.05) is 6.92 Å². The number of aromatic amines is 1. The van der Waals surface area contributed by atoms with Gasteiger partial charge in [0.1, 0.15) is 17.8 Å². The predicted molar refractivity (Wildman–Crippen MR) is 72.7 cm³/mol. The monoisotopic (exact) mass is 245 g/mol. The molecule has 0 spiro atoms. The Morgan fingerprint density at radius 3 is 3.11 bits per heavy atom. The third kappa shape index (κ3) is 1.84. The van der Waals surface area contributed by atoms with E-state index in [0.29, 0.717) is 12.0 Å².